The zero-order chi connectivity index (χ0) is 44.4. The molecule has 10 aromatic carbocycles. The van der Waals surface area contributed by atoms with Gasteiger partial charge in [0, 0.05) is 50.0 Å². The van der Waals surface area contributed by atoms with Crippen molar-refractivity contribution in [2.75, 3.05) is 9.80 Å². The normalized spacial score (nSPS) is 15.6. The Morgan fingerprint density at radius 1 is 0.373 bits per heavy atom. The average molecular weight is 873 g/mol. The van der Waals surface area contributed by atoms with Gasteiger partial charge in [-0.05, 0) is 128 Å². The minimum Gasteiger partial charge on any atom is -0.311 e. The minimum absolute atomic E-state index is 0.0249. The van der Waals surface area contributed by atoms with Gasteiger partial charge in [0.15, 0.2) is 7.14 Å². The fourth-order valence-electron chi connectivity index (χ4n) is 12.3. The van der Waals surface area contributed by atoms with Gasteiger partial charge in [0.25, 0.3) is 6.71 Å². The zero-order valence-electron chi connectivity index (χ0n) is 36.8. The molecule has 0 radical (unpaired) electrons. The third kappa shape index (κ3) is 5.17. The molecule has 2 aliphatic heterocycles. The molecule has 2 aliphatic carbocycles. The smallest absolute Gasteiger partial charge is 0.252 e. The van der Waals surface area contributed by atoms with Crippen LogP contribution in [0.3, 0.4) is 0 Å². The van der Waals surface area contributed by atoms with Crippen molar-refractivity contribution in [1.29, 1.82) is 0 Å². The molecule has 5 heteroatoms. The summed E-state index contributed by atoms with van der Waals surface area (Å²) in [5, 5.41) is 2.50. The monoisotopic (exact) mass is 872 g/mol. The van der Waals surface area contributed by atoms with Crippen molar-refractivity contribution in [3.63, 3.8) is 0 Å². The molecule has 1 atom stereocenters. The number of aryl methyl sites for hydroxylation is 1. The summed E-state index contributed by atoms with van der Waals surface area (Å²) < 4.78 is 16.2. The van der Waals surface area contributed by atoms with E-state index in [1.807, 2.05) is 60.7 Å². The number of hydrogen-bond acceptors (Lipinski definition) is 3. The fourth-order valence-corrected chi connectivity index (χ4v) is 15.0. The highest BCUT2D eigenvalue weighted by Crippen LogP contribution is 2.64. The van der Waals surface area contributed by atoms with Gasteiger partial charge in [-0.15, -0.1) is 0 Å². The number of hydrogen-bond donors (Lipinski definition) is 0. The summed E-state index contributed by atoms with van der Waals surface area (Å²) >= 11 is 0. The molecule has 0 fully saturated rings. The summed E-state index contributed by atoms with van der Waals surface area (Å²) in [7, 11) is -3.32. The molecular weight excluding hydrogens is 830 g/mol. The summed E-state index contributed by atoms with van der Waals surface area (Å²) in [6.45, 7) is 2.21. The van der Waals surface area contributed by atoms with Crippen molar-refractivity contribution in [3.8, 4) is 22.3 Å². The fraction of sp³-hybridized carbons (Fsp3) is 0.0323. The summed E-state index contributed by atoms with van der Waals surface area (Å²) in [6.07, 6.45) is 0. The molecule has 14 rings (SSSR count). The molecule has 67 heavy (non-hydrogen) atoms. The Bertz CT molecular complexity index is 3660. The van der Waals surface area contributed by atoms with Crippen LogP contribution in [0.1, 0.15) is 27.8 Å². The Hall–Kier alpha value is -7.91. The molecule has 0 saturated carbocycles. The van der Waals surface area contributed by atoms with Crippen molar-refractivity contribution in [1.82, 2.24) is 0 Å². The molecule has 0 N–H and O–H groups in total. The predicted molar refractivity (Wildman–Crippen MR) is 281 cm³/mol. The standard InChI is InChI=1S/C62H42BN2OP/c1-41-36-59-61-60(37-41)65(43-22-8-3-9-23-43)58-40-54-50(39-56(58)63(61)55-32-18-19-33-57(55)64(59)42-20-6-2-7-21-42)48-29-15-17-31-52(48)62(54)51-30-16-14-28-47(51)49-35-34-46(38-53(49)62)67(66,44-24-10-4-11-25-44)45-26-12-5-13-27-45/h2-40H,1H3. The summed E-state index contributed by atoms with van der Waals surface area (Å²) in [5.74, 6) is 0. The quantitative estimate of drug-likeness (QED) is 0.127. The van der Waals surface area contributed by atoms with Gasteiger partial charge in [-0.3, -0.25) is 0 Å². The van der Waals surface area contributed by atoms with Gasteiger partial charge >= 0.3 is 0 Å². The van der Waals surface area contributed by atoms with Gasteiger partial charge in [-0.25, -0.2) is 0 Å². The summed E-state index contributed by atoms with van der Waals surface area (Å²) in [4.78, 5) is 5.00. The van der Waals surface area contributed by atoms with Crippen LogP contribution in [0.2, 0.25) is 0 Å². The topological polar surface area (TPSA) is 23.6 Å². The lowest BCUT2D eigenvalue weighted by molar-refractivity contribution is 0.592. The third-order valence-electron chi connectivity index (χ3n) is 14.9. The first-order valence-electron chi connectivity index (χ1n) is 23.2. The van der Waals surface area contributed by atoms with Crippen LogP contribution in [0.15, 0.2) is 237 Å². The minimum atomic E-state index is -3.32. The van der Waals surface area contributed by atoms with Gasteiger partial charge in [-0.2, -0.15) is 0 Å². The predicted octanol–water partition coefficient (Wildman–Crippen LogP) is 12.1. The maximum absolute atomic E-state index is 16.2. The van der Waals surface area contributed by atoms with Crippen LogP contribution >= 0.6 is 7.14 Å². The second-order valence-electron chi connectivity index (χ2n) is 18.4. The molecule has 3 nitrogen and oxygen atoms in total. The van der Waals surface area contributed by atoms with Gasteiger partial charge in [0.1, 0.15) is 0 Å². The molecule has 0 bridgehead atoms. The number of fused-ring (bicyclic) bond motifs is 14. The molecule has 4 aliphatic rings. The number of rotatable bonds is 5. The van der Waals surface area contributed by atoms with E-state index in [4.69, 9.17) is 0 Å². The highest BCUT2D eigenvalue weighted by atomic mass is 31.2. The van der Waals surface area contributed by atoms with E-state index < -0.39 is 12.6 Å². The van der Waals surface area contributed by atoms with Crippen LogP contribution in [0.25, 0.3) is 22.3 Å². The van der Waals surface area contributed by atoms with E-state index in [-0.39, 0.29) is 6.71 Å². The number of anilines is 6. The Kier molecular flexibility index (Phi) is 8.19. The Balaban J connectivity index is 1.09. The molecule has 0 aromatic heterocycles. The van der Waals surface area contributed by atoms with E-state index >= 15 is 4.57 Å². The zero-order valence-corrected chi connectivity index (χ0v) is 37.7. The third-order valence-corrected chi connectivity index (χ3v) is 18.0. The van der Waals surface area contributed by atoms with E-state index in [0.29, 0.717) is 0 Å². The van der Waals surface area contributed by atoms with Crippen LogP contribution in [-0.4, -0.2) is 6.71 Å². The lowest BCUT2D eigenvalue weighted by atomic mass is 9.33. The maximum atomic E-state index is 16.2. The van der Waals surface area contributed by atoms with Crippen molar-refractivity contribution in [3.05, 3.63) is 264 Å². The van der Waals surface area contributed by atoms with Crippen LogP contribution in [0.4, 0.5) is 34.1 Å². The van der Waals surface area contributed by atoms with Crippen LogP contribution in [-0.2, 0) is 9.98 Å². The second kappa shape index (κ2) is 14.3. The largest absolute Gasteiger partial charge is 0.311 e. The molecule has 0 amide bonds. The summed E-state index contributed by atoms with van der Waals surface area (Å²) in [6, 6.07) is 85.5. The Morgan fingerprint density at radius 2 is 0.851 bits per heavy atom. The molecule has 10 aromatic rings. The molecule has 0 saturated heterocycles. The van der Waals surface area contributed by atoms with Gasteiger partial charge in [-0.1, -0.05) is 182 Å². The second-order valence-corrected chi connectivity index (χ2v) is 21.1. The van der Waals surface area contributed by atoms with Crippen LogP contribution in [0.5, 0.6) is 0 Å². The first-order chi connectivity index (χ1) is 33.0. The Labute approximate surface area is 391 Å². The van der Waals surface area contributed by atoms with Crippen molar-refractivity contribution in [2.45, 2.75) is 12.3 Å². The van der Waals surface area contributed by atoms with E-state index in [2.05, 4.69) is 193 Å². The highest BCUT2D eigenvalue weighted by molar-refractivity contribution is 7.85. The lowest BCUT2D eigenvalue weighted by Crippen LogP contribution is -2.61. The summed E-state index contributed by atoms with van der Waals surface area (Å²) in [5.41, 5.74) is 21.2. The van der Waals surface area contributed by atoms with Gasteiger partial charge in [0.2, 0.25) is 0 Å². The number of para-hydroxylation sites is 3. The molecular formula is C62H42BN2OP. The van der Waals surface area contributed by atoms with Crippen molar-refractivity contribution < 1.29 is 4.57 Å². The van der Waals surface area contributed by atoms with Crippen LogP contribution < -0.4 is 42.1 Å². The van der Waals surface area contributed by atoms with Gasteiger partial charge < -0.3 is 14.4 Å². The van der Waals surface area contributed by atoms with E-state index in [9.17, 15) is 0 Å². The van der Waals surface area contributed by atoms with E-state index in [0.717, 1.165) is 27.3 Å². The number of benzene rings is 10. The maximum Gasteiger partial charge on any atom is 0.252 e. The highest BCUT2D eigenvalue weighted by Gasteiger charge is 2.54. The molecule has 314 valence electrons. The first kappa shape index (κ1) is 38.4. The van der Waals surface area contributed by atoms with Crippen molar-refractivity contribution >= 4 is 80.3 Å². The Morgan fingerprint density at radius 3 is 1.46 bits per heavy atom. The van der Waals surface area contributed by atoms with Crippen molar-refractivity contribution in [2.24, 2.45) is 0 Å². The number of nitrogens with zero attached hydrogens (tertiary/aromatic N) is 2. The van der Waals surface area contributed by atoms with E-state index in [1.54, 1.807) is 0 Å². The van der Waals surface area contributed by atoms with Crippen LogP contribution in [0, 0.1) is 6.92 Å². The SMILES string of the molecule is Cc1cc2c3c(c1)N(c1ccccc1)c1cc4c(cc1B3c1ccccc1N2c1ccccc1)-c1ccccc1C41c2ccccc2-c2ccc(P(=O)(c3ccccc3)c3ccccc3)cc21. The molecule has 2 heterocycles. The van der Waals surface area contributed by atoms with E-state index in [1.165, 1.54) is 89.2 Å². The first-order valence-corrected chi connectivity index (χ1v) is 24.9. The molecule has 1 spiro atoms. The lowest BCUT2D eigenvalue weighted by Gasteiger charge is -2.45. The van der Waals surface area contributed by atoms with Gasteiger partial charge in [0.05, 0.1) is 5.41 Å². The molecule has 1 unspecified atom stereocenters. The average Bonchev–Trinajstić information content (AvgIpc) is 3.85.